The minimum atomic E-state index is -0.324. The summed E-state index contributed by atoms with van der Waals surface area (Å²) in [5, 5.41) is 11.6. The fraction of sp³-hybridized carbons (Fsp3) is 0.286. The van der Waals surface area contributed by atoms with Crippen LogP contribution in [0.4, 0.5) is 5.69 Å². The first kappa shape index (κ1) is 20.7. The maximum absolute atomic E-state index is 12.5. The molecule has 3 rings (SSSR count). The minimum Gasteiger partial charge on any atom is -0.497 e. The lowest BCUT2D eigenvalue weighted by atomic mass is 10.2. The highest BCUT2D eigenvalue weighted by atomic mass is 32.2. The van der Waals surface area contributed by atoms with Gasteiger partial charge in [0, 0.05) is 12.7 Å². The highest BCUT2D eigenvalue weighted by molar-refractivity contribution is 8.00. The highest BCUT2D eigenvalue weighted by Gasteiger charge is 2.19. The lowest BCUT2D eigenvalue weighted by Crippen LogP contribution is -2.22. The molecule has 0 spiro atoms. The van der Waals surface area contributed by atoms with Crippen LogP contribution < -0.4 is 14.8 Å². The van der Waals surface area contributed by atoms with Crippen molar-refractivity contribution in [2.75, 3.05) is 12.4 Å². The lowest BCUT2D eigenvalue weighted by molar-refractivity contribution is -0.115. The SMILES string of the molecule is COc1ccc(OCc2nnc(S[C@@H](C)C(=O)Nc3ccc(C)cc3)n2C)cc1. The molecule has 0 aliphatic carbocycles. The van der Waals surface area contributed by atoms with Gasteiger partial charge in [-0.3, -0.25) is 4.79 Å². The Morgan fingerprint density at radius 1 is 1.10 bits per heavy atom. The third-order valence-corrected chi connectivity index (χ3v) is 5.46. The van der Waals surface area contributed by atoms with Crippen LogP contribution in [0.1, 0.15) is 18.3 Å². The van der Waals surface area contributed by atoms with Crippen LogP contribution in [0.2, 0.25) is 0 Å². The smallest absolute Gasteiger partial charge is 0.237 e. The monoisotopic (exact) mass is 412 g/mol. The first-order valence-electron chi connectivity index (χ1n) is 9.15. The Hall–Kier alpha value is -3.00. The Morgan fingerprint density at radius 3 is 2.41 bits per heavy atom. The fourth-order valence-corrected chi connectivity index (χ4v) is 3.32. The van der Waals surface area contributed by atoms with Crippen molar-refractivity contribution >= 4 is 23.4 Å². The number of hydrogen-bond donors (Lipinski definition) is 1. The van der Waals surface area contributed by atoms with Gasteiger partial charge in [0.2, 0.25) is 5.91 Å². The Kier molecular flexibility index (Phi) is 6.77. The quantitative estimate of drug-likeness (QED) is 0.567. The van der Waals surface area contributed by atoms with E-state index in [1.54, 1.807) is 7.11 Å². The first-order valence-corrected chi connectivity index (χ1v) is 10.0. The van der Waals surface area contributed by atoms with Crippen LogP contribution in [-0.4, -0.2) is 33.0 Å². The van der Waals surface area contributed by atoms with Crippen LogP contribution in [0.5, 0.6) is 11.5 Å². The molecule has 1 amide bonds. The second kappa shape index (κ2) is 9.47. The molecule has 0 unspecified atom stereocenters. The second-order valence-corrected chi connectivity index (χ2v) is 7.85. The molecule has 7 nitrogen and oxygen atoms in total. The van der Waals surface area contributed by atoms with E-state index in [0.717, 1.165) is 17.0 Å². The number of hydrogen-bond acceptors (Lipinski definition) is 6. The van der Waals surface area contributed by atoms with Gasteiger partial charge in [0.1, 0.15) is 18.1 Å². The van der Waals surface area contributed by atoms with Gasteiger partial charge in [0.15, 0.2) is 11.0 Å². The maximum atomic E-state index is 12.5. The maximum Gasteiger partial charge on any atom is 0.237 e. The van der Waals surface area contributed by atoms with Crippen molar-refractivity contribution in [3.05, 3.63) is 59.9 Å². The fourth-order valence-electron chi connectivity index (χ4n) is 2.49. The zero-order valence-electron chi connectivity index (χ0n) is 16.9. The number of nitrogens with one attached hydrogen (secondary N) is 1. The van der Waals surface area contributed by atoms with E-state index in [-0.39, 0.29) is 17.8 Å². The predicted octanol–water partition coefficient (Wildman–Crippen LogP) is 3.83. The van der Waals surface area contributed by atoms with Gasteiger partial charge in [0.05, 0.1) is 12.4 Å². The van der Waals surface area contributed by atoms with Crippen molar-refractivity contribution in [1.29, 1.82) is 0 Å². The van der Waals surface area contributed by atoms with Crippen molar-refractivity contribution in [2.45, 2.75) is 30.9 Å². The molecular weight excluding hydrogens is 388 g/mol. The van der Waals surface area contributed by atoms with Crippen molar-refractivity contribution in [3.8, 4) is 11.5 Å². The molecule has 8 heteroatoms. The summed E-state index contributed by atoms with van der Waals surface area (Å²) in [6.45, 7) is 4.13. The Bertz CT molecular complexity index is 955. The molecule has 0 saturated carbocycles. The molecule has 1 N–H and O–H groups in total. The van der Waals surface area contributed by atoms with Gasteiger partial charge >= 0.3 is 0 Å². The van der Waals surface area contributed by atoms with Crippen LogP contribution >= 0.6 is 11.8 Å². The molecule has 0 saturated heterocycles. The lowest BCUT2D eigenvalue weighted by Gasteiger charge is -2.12. The van der Waals surface area contributed by atoms with Crippen LogP contribution in [0, 0.1) is 6.92 Å². The number of anilines is 1. The van der Waals surface area contributed by atoms with Gasteiger partial charge in [-0.1, -0.05) is 29.5 Å². The van der Waals surface area contributed by atoms with Gasteiger partial charge in [-0.25, -0.2) is 0 Å². The molecule has 152 valence electrons. The zero-order chi connectivity index (χ0) is 20.8. The number of benzene rings is 2. The summed E-state index contributed by atoms with van der Waals surface area (Å²) in [4.78, 5) is 12.5. The molecule has 29 heavy (non-hydrogen) atoms. The van der Waals surface area contributed by atoms with Gasteiger partial charge in [-0.2, -0.15) is 0 Å². The van der Waals surface area contributed by atoms with E-state index in [0.29, 0.717) is 16.7 Å². The number of nitrogens with zero attached hydrogens (tertiary/aromatic N) is 3. The van der Waals surface area contributed by atoms with Gasteiger partial charge < -0.3 is 19.4 Å². The summed E-state index contributed by atoms with van der Waals surface area (Å²) < 4.78 is 12.7. The van der Waals surface area contributed by atoms with Gasteiger partial charge in [-0.15, -0.1) is 10.2 Å². The number of aromatic nitrogens is 3. The standard InChI is InChI=1S/C21H24N4O3S/c1-14-5-7-16(8-6-14)22-20(26)15(2)29-21-24-23-19(25(21)3)13-28-18-11-9-17(27-4)10-12-18/h5-12,15H,13H2,1-4H3,(H,22,26)/t15-/m0/s1. The highest BCUT2D eigenvalue weighted by Crippen LogP contribution is 2.24. The summed E-state index contributed by atoms with van der Waals surface area (Å²) in [7, 11) is 3.48. The molecule has 1 heterocycles. The topological polar surface area (TPSA) is 78.3 Å². The number of amides is 1. The van der Waals surface area contributed by atoms with Gasteiger partial charge in [-0.05, 0) is 50.2 Å². The molecule has 3 aromatic rings. The summed E-state index contributed by atoms with van der Waals surface area (Å²) >= 11 is 1.35. The third kappa shape index (κ3) is 5.51. The molecule has 2 aromatic carbocycles. The summed E-state index contributed by atoms with van der Waals surface area (Å²) in [5.74, 6) is 2.08. The zero-order valence-corrected chi connectivity index (χ0v) is 17.7. The largest absolute Gasteiger partial charge is 0.497 e. The number of thioether (sulfide) groups is 1. The molecule has 0 aliphatic heterocycles. The number of methoxy groups -OCH3 is 1. The molecule has 0 bridgehead atoms. The molecular formula is C21H24N4O3S. The third-order valence-electron chi connectivity index (χ3n) is 4.32. The van der Waals surface area contributed by atoms with Crippen LogP contribution in [0.25, 0.3) is 0 Å². The number of rotatable bonds is 8. The minimum absolute atomic E-state index is 0.0853. The molecule has 1 aromatic heterocycles. The van der Waals surface area contributed by atoms with E-state index in [9.17, 15) is 4.79 Å². The Labute approximate surface area is 174 Å². The van der Waals surface area contributed by atoms with Crippen molar-refractivity contribution < 1.29 is 14.3 Å². The average molecular weight is 413 g/mol. The number of ether oxygens (including phenoxy) is 2. The van der Waals surface area contributed by atoms with E-state index < -0.39 is 0 Å². The van der Waals surface area contributed by atoms with E-state index >= 15 is 0 Å². The van der Waals surface area contributed by atoms with E-state index in [2.05, 4.69) is 15.5 Å². The van der Waals surface area contributed by atoms with Crippen molar-refractivity contribution in [2.24, 2.45) is 7.05 Å². The molecule has 0 radical (unpaired) electrons. The van der Waals surface area contributed by atoms with Crippen molar-refractivity contribution in [3.63, 3.8) is 0 Å². The number of carbonyl (C=O) groups excluding carboxylic acids is 1. The van der Waals surface area contributed by atoms with E-state index in [4.69, 9.17) is 9.47 Å². The normalized spacial score (nSPS) is 11.7. The molecule has 0 fully saturated rings. The summed E-state index contributed by atoms with van der Waals surface area (Å²) in [6, 6.07) is 15.0. The molecule has 0 aliphatic rings. The molecule has 1 atom stereocenters. The average Bonchev–Trinajstić information content (AvgIpc) is 3.07. The van der Waals surface area contributed by atoms with Crippen LogP contribution in [-0.2, 0) is 18.4 Å². The summed E-state index contributed by atoms with van der Waals surface area (Å²) in [5.41, 5.74) is 1.92. The van der Waals surface area contributed by atoms with Crippen molar-refractivity contribution in [1.82, 2.24) is 14.8 Å². The first-order chi connectivity index (χ1) is 14.0. The second-order valence-electron chi connectivity index (χ2n) is 6.54. The van der Waals surface area contributed by atoms with E-state index in [1.807, 2.05) is 74.0 Å². The summed E-state index contributed by atoms with van der Waals surface area (Å²) in [6.07, 6.45) is 0. The predicted molar refractivity (Wildman–Crippen MR) is 113 cm³/mol. The van der Waals surface area contributed by atoms with E-state index in [1.165, 1.54) is 11.8 Å². The van der Waals surface area contributed by atoms with Gasteiger partial charge in [0.25, 0.3) is 0 Å². The van der Waals surface area contributed by atoms with Crippen LogP contribution in [0.3, 0.4) is 0 Å². The number of aryl methyl sites for hydroxylation is 1. The number of carbonyl (C=O) groups is 1. The Balaban J connectivity index is 1.56. The Morgan fingerprint density at radius 2 is 1.76 bits per heavy atom. The van der Waals surface area contributed by atoms with Crippen LogP contribution in [0.15, 0.2) is 53.7 Å².